The van der Waals surface area contributed by atoms with Crippen molar-refractivity contribution in [2.45, 2.75) is 43.8 Å². The van der Waals surface area contributed by atoms with E-state index >= 15 is 0 Å². The lowest BCUT2D eigenvalue weighted by Crippen LogP contribution is -2.37. The topological polar surface area (TPSA) is 29.1 Å². The maximum atomic E-state index is 11.9. The second-order valence-corrected chi connectivity index (χ2v) is 6.70. The zero-order valence-corrected chi connectivity index (χ0v) is 11.2. The molecule has 0 radical (unpaired) electrons. The number of rotatable bonds is 5. The largest absolute Gasteiger partial charge is 0.355 e. The van der Waals surface area contributed by atoms with Crippen LogP contribution >= 0.6 is 23.4 Å². The fourth-order valence-corrected chi connectivity index (χ4v) is 3.85. The molecule has 1 N–H and O–H groups in total. The molecule has 1 saturated carbocycles. The maximum Gasteiger partial charge on any atom is 0.233 e. The number of thioether (sulfide) groups is 1. The standard InChI is InChI=1S/C12H20ClNOS/c13-7-6-12(4-5-12)9-14-11(15)10-3-1-2-8-16-10/h10H,1-9H2,(H,14,15). The third-order valence-corrected chi connectivity index (χ3v) is 5.26. The molecule has 0 aromatic heterocycles. The zero-order valence-electron chi connectivity index (χ0n) is 9.64. The van der Waals surface area contributed by atoms with Crippen molar-refractivity contribution in [3.63, 3.8) is 0 Å². The van der Waals surface area contributed by atoms with Crippen LogP contribution in [0.3, 0.4) is 0 Å². The Labute approximate surface area is 107 Å². The first kappa shape index (κ1) is 12.6. The molecule has 1 heterocycles. The number of hydrogen-bond donors (Lipinski definition) is 1. The van der Waals surface area contributed by atoms with Gasteiger partial charge in [-0.1, -0.05) is 6.42 Å². The van der Waals surface area contributed by atoms with Crippen LogP contribution in [-0.2, 0) is 4.79 Å². The van der Waals surface area contributed by atoms with Gasteiger partial charge in [-0.25, -0.2) is 0 Å². The van der Waals surface area contributed by atoms with Gasteiger partial charge >= 0.3 is 0 Å². The van der Waals surface area contributed by atoms with Crippen molar-refractivity contribution in [3.05, 3.63) is 0 Å². The van der Waals surface area contributed by atoms with Gasteiger partial charge in [0.2, 0.25) is 5.91 Å². The second-order valence-electron chi connectivity index (χ2n) is 5.01. The molecule has 0 aromatic rings. The van der Waals surface area contributed by atoms with Gasteiger partial charge in [0.1, 0.15) is 0 Å². The Morgan fingerprint density at radius 1 is 1.44 bits per heavy atom. The van der Waals surface area contributed by atoms with E-state index in [1.54, 1.807) is 0 Å². The molecule has 1 unspecified atom stereocenters. The van der Waals surface area contributed by atoms with Crippen LogP contribution in [0.1, 0.15) is 38.5 Å². The number of carbonyl (C=O) groups excluding carboxylic acids is 1. The SMILES string of the molecule is O=C(NCC1(CCCl)CC1)C1CCCCS1. The van der Waals surface area contributed by atoms with Gasteiger partial charge in [-0.15, -0.1) is 23.4 Å². The quantitative estimate of drug-likeness (QED) is 0.771. The van der Waals surface area contributed by atoms with Gasteiger partial charge in [0.25, 0.3) is 0 Å². The van der Waals surface area contributed by atoms with E-state index in [2.05, 4.69) is 5.32 Å². The number of amides is 1. The number of halogens is 1. The van der Waals surface area contributed by atoms with E-state index < -0.39 is 0 Å². The molecule has 2 nitrogen and oxygen atoms in total. The predicted octanol–water partition coefficient (Wildman–Crippen LogP) is 2.80. The highest BCUT2D eigenvalue weighted by molar-refractivity contribution is 8.00. The molecule has 1 saturated heterocycles. The van der Waals surface area contributed by atoms with Crippen molar-refractivity contribution < 1.29 is 4.79 Å². The van der Waals surface area contributed by atoms with E-state index in [1.165, 1.54) is 25.7 Å². The first-order valence-corrected chi connectivity index (χ1v) is 7.79. The summed E-state index contributed by atoms with van der Waals surface area (Å²) in [5.41, 5.74) is 0.358. The summed E-state index contributed by atoms with van der Waals surface area (Å²) in [6.07, 6.45) is 7.05. The summed E-state index contributed by atoms with van der Waals surface area (Å²) in [6.45, 7) is 0.843. The smallest absolute Gasteiger partial charge is 0.233 e. The van der Waals surface area contributed by atoms with E-state index in [1.807, 2.05) is 11.8 Å². The number of nitrogens with one attached hydrogen (secondary N) is 1. The van der Waals surface area contributed by atoms with Crippen molar-refractivity contribution >= 4 is 29.3 Å². The molecule has 1 amide bonds. The van der Waals surface area contributed by atoms with Crippen LogP contribution in [0, 0.1) is 5.41 Å². The summed E-state index contributed by atoms with van der Waals surface area (Å²) in [6, 6.07) is 0. The highest BCUT2D eigenvalue weighted by atomic mass is 35.5. The Morgan fingerprint density at radius 3 is 2.81 bits per heavy atom. The molecule has 0 bridgehead atoms. The summed E-state index contributed by atoms with van der Waals surface area (Å²) in [7, 11) is 0. The van der Waals surface area contributed by atoms with Crippen molar-refractivity contribution in [1.29, 1.82) is 0 Å². The maximum absolute atomic E-state index is 11.9. The van der Waals surface area contributed by atoms with Gasteiger partial charge in [0.05, 0.1) is 5.25 Å². The molecule has 1 atom stereocenters. The molecule has 2 aliphatic rings. The van der Waals surface area contributed by atoms with Gasteiger partial charge in [-0.3, -0.25) is 4.79 Å². The van der Waals surface area contributed by atoms with Gasteiger partial charge in [0, 0.05) is 12.4 Å². The molecule has 0 spiro atoms. The van der Waals surface area contributed by atoms with Crippen molar-refractivity contribution in [2.24, 2.45) is 5.41 Å². The molecule has 2 rings (SSSR count). The van der Waals surface area contributed by atoms with Crippen LogP contribution in [0.25, 0.3) is 0 Å². The van der Waals surface area contributed by atoms with Crippen LogP contribution < -0.4 is 5.32 Å². The van der Waals surface area contributed by atoms with Crippen LogP contribution in [0.2, 0.25) is 0 Å². The lowest BCUT2D eigenvalue weighted by molar-refractivity contribution is -0.121. The average Bonchev–Trinajstić information content (AvgIpc) is 3.08. The molecule has 2 fully saturated rings. The molecular formula is C12H20ClNOS. The van der Waals surface area contributed by atoms with E-state index in [-0.39, 0.29) is 11.2 Å². The third-order valence-electron chi connectivity index (χ3n) is 3.69. The summed E-state index contributed by atoms with van der Waals surface area (Å²) in [5.74, 6) is 2.12. The minimum absolute atomic E-state index is 0.209. The Morgan fingerprint density at radius 2 is 2.25 bits per heavy atom. The number of hydrogen-bond acceptors (Lipinski definition) is 2. The highest BCUT2D eigenvalue weighted by Gasteiger charge is 2.42. The first-order chi connectivity index (χ1) is 7.76. The molecule has 4 heteroatoms. The fourth-order valence-electron chi connectivity index (χ4n) is 2.23. The predicted molar refractivity (Wildman–Crippen MR) is 70.1 cm³/mol. The summed E-state index contributed by atoms with van der Waals surface area (Å²) in [5, 5.41) is 3.33. The van der Waals surface area contributed by atoms with Crippen LogP contribution in [0.5, 0.6) is 0 Å². The minimum Gasteiger partial charge on any atom is -0.355 e. The molecule has 92 valence electrons. The second kappa shape index (κ2) is 5.63. The molecular weight excluding hydrogens is 242 g/mol. The van der Waals surface area contributed by atoms with Gasteiger partial charge < -0.3 is 5.32 Å². The van der Waals surface area contributed by atoms with Crippen molar-refractivity contribution in [3.8, 4) is 0 Å². The van der Waals surface area contributed by atoms with E-state index in [4.69, 9.17) is 11.6 Å². The monoisotopic (exact) mass is 261 g/mol. The molecule has 16 heavy (non-hydrogen) atoms. The summed E-state index contributed by atoms with van der Waals surface area (Å²) < 4.78 is 0. The third kappa shape index (κ3) is 3.30. The summed E-state index contributed by atoms with van der Waals surface area (Å²) in [4.78, 5) is 11.9. The number of alkyl halides is 1. The number of carbonyl (C=O) groups is 1. The Hall–Kier alpha value is 0.110. The van der Waals surface area contributed by atoms with Gasteiger partial charge in [0.15, 0.2) is 0 Å². The molecule has 0 aromatic carbocycles. The minimum atomic E-state index is 0.209. The van der Waals surface area contributed by atoms with Crippen LogP contribution in [0.15, 0.2) is 0 Å². The Balaban J connectivity index is 1.70. The van der Waals surface area contributed by atoms with Crippen molar-refractivity contribution in [2.75, 3.05) is 18.2 Å². The highest BCUT2D eigenvalue weighted by Crippen LogP contribution is 2.48. The van der Waals surface area contributed by atoms with Crippen LogP contribution in [-0.4, -0.2) is 29.3 Å². The normalized spacial score (nSPS) is 27.4. The molecule has 1 aliphatic carbocycles. The summed E-state index contributed by atoms with van der Waals surface area (Å²) >= 11 is 7.59. The van der Waals surface area contributed by atoms with E-state index in [0.29, 0.717) is 11.3 Å². The lowest BCUT2D eigenvalue weighted by Gasteiger charge is -2.22. The molecule has 1 aliphatic heterocycles. The Bertz CT molecular complexity index is 249. The van der Waals surface area contributed by atoms with Crippen molar-refractivity contribution in [1.82, 2.24) is 5.32 Å². The van der Waals surface area contributed by atoms with Crippen LogP contribution in [0.4, 0.5) is 0 Å². The van der Waals surface area contributed by atoms with E-state index in [0.717, 1.165) is 25.1 Å². The van der Waals surface area contributed by atoms with E-state index in [9.17, 15) is 4.79 Å². The van der Waals surface area contributed by atoms with Gasteiger partial charge in [-0.05, 0) is 43.3 Å². The zero-order chi connectivity index (χ0) is 11.4. The Kier molecular flexibility index (Phi) is 4.42. The lowest BCUT2D eigenvalue weighted by atomic mass is 10.0. The first-order valence-electron chi connectivity index (χ1n) is 6.21. The average molecular weight is 262 g/mol. The fraction of sp³-hybridized carbons (Fsp3) is 0.917. The van der Waals surface area contributed by atoms with Gasteiger partial charge in [-0.2, -0.15) is 0 Å².